The number of unbranched alkanes of at least 4 members (excludes halogenated alkanes) is 1. The quantitative estimate of drug-likeness (QED) is 0.766. The van der Waals surface area contributed by atoms with E-state index in [2.05, 4.69) is 5.32 Å². The van der Waals surface area contributed by atoms with Crippen LogP contribution in [0.25, 0.3) is 0 Å². The van der Waals surface area contributed by atoms with Crippen LogP contribution < -0.4 is 5.32 Å². The zero-order valence-corrected chi connectivity index (χ0v) is 10.2. The minimum Gasteiger partial charge on any atom is -0.481 e. The number of carboxylic acid groups (broad SMARTS) is 1. The molecule has 0 aromatic heterocycles. The van der Waals surface area contributed by atoms with Gasteiger partial charge in [0.2, 0.25) is 5.91 Å². The van der Waals surface area contributed by atoms with E-state index in [1.807, 2.05) is 0 Å². The average molecular weight is 253 g/mol. The molecule has 0 fully saturated rings. The Hall–Kier alpha value is -1.91. The first-order valence-corrected chi connectivity index (χ1v) is 5.77. The minimum absolute atomic E-state index is 0.0478. The van der Waals surface area contributed by atoms with E-state index in [1.165, 1.54) is 12.1 Å². The van der Waals surface area contributed by atoms with Crippen LogP contribution in [0, 0.1) is 12.7 Å². The fourth-order valence-electron chi connectivity index (χ4n) is 1.50. The minimum atomic E-state index is -0.875. The average Bonchev–Trinajstić information content (AvgIpc) is 2.28. The molecule has 18 heavy (non-hydrogen) atoms. The van der Waals surface area contributed by atoms with E-state index in [4.69, 9.17) is 5.11 Å². The predicted octanol–water partition coefficient (Wildman–Crippen LogP) is 2.72. The van der Waals surface area contributed by atoms with E-state index in [1.54, 1.807) is 13.0 Å². The highest BCUT2D eigenvalue weighted by molar-refractivity contribution is 5.90. The highest BCUT2D eigenvalue weighted by atomic mass is 19.1. The largest absolute Gasteiger partial charge is 0.481 e. The molecule has 98 valence electrons. The second-order valence-corrected chi connectivity index (χ2v) is 4.13. The third kappa shape index (κ3) is 4.95. The van der Waals surface area contributed by atoms with Gasteiger partial charge < -0.3 is 10.4 Å². The van der Waals surface area contributed by atoms with Crippen LogP contribution in [-0.4, -0.2) is 17.0 Å². The first kappa shape index (κ1) is 14.2. The molecule has 0 heterocycles. The Morgan fingerprint density at radius 1 is 1.28 bits per heavy atom. The molecule has 1 amide bonds. The molecule has 1 aromatic rings. The number of carbonyl (C=O) groups is 2. The molecule has 4 nitrogen and oxygen atoms in total. The van der Waals surface area contributed by atoms with E-state index in [9.17, 15) is 14.0 Å². The maximum absolute atomic E-state index is 13.4. The van der Waals surface area contributed by atoms with Crippen LogP contribution in [0.15, 0.2) is 18.2 Å². The lowest BCUT2D eigenvalue weighted by atomic mass is 10.1. The van der Waals surface area contributed by atoms with Gasteiger partial charge in [-0.3, -0.25) is 9.59 Å². The summed E-state index contributed by atoms with van der Waals surface area (Å²) in [6.07, 6.45) is 1.16. The molecular formula is C13H16FNO3. The van der Waals surface area contributed by atoms with E-state index >= 15 is 0 Å². The molecule has 0 saturated heterocycles. The maximum atomic E-state index is 13.4. The van der Waals surface area contributed by atoms with Gasteiger partial charge in [-0.1, -0.05) is 6.07 Å². The van der Waals surface area contributed by atoms with Gasteiger partial charge in [0.1, 0.15) is 5.82 Å². The maximum Gasteiger partial charge on any atom is 0.303 e. The van der Waals surface area contributed by atoms with Gasteiger partial charge in [0.15, 0.2) is 0 Å². The van der Waals surface area contributed by atoms with E-state index < -0.39 is 11.8 Å². The van der Waals surface area contributed by atoms with E-state index in [0.29, 0.717) is 12.8 Å². The van der Waals surface area contributed by atoms with Gasteiger partial charge in [-0.2, -0.15) is 0 Å². The number of aryl methyl sites for hydroxylation is 1. The number of anilines is 1. The number of nitrogens with one attached hydrogen (secondary N) is 1. The molecule has 0 bridgehead atoms. The molecular weight excluding hydrogens is 237 g/mol. The molecule has 1 rings (SSSR count). The number of amides is 1. The molecule has 0 atom stereocenters. The number of carboxylic acids is 1. The van der Waals surface area contributed by atoms with Crippen LogP contribution in [0.3, 0.4) is 0 Å². The normalized spacial score (nSPS) is 10.1. The molecule has 0 radical (unpaired) electrons. The molecule has 1 aromatic carbocycles. The lowest BCUT2D eigenvalue weighted by Gasteiger charge is -2.06. The van der Waals surface area contributed by atoms with Crippen molar-refractivity contribution in [3.63, 3.8) is 0 Å². The smallest absolute Gasteiger partial charge is 0.303 e. The van der Waals surface area contributed by atoms with Crippen molar-refractivity contribution >= 4 is 17.6 Å². The van der Waals surface area contributed by atoms with Gasteiger partial charge in [-0.15, -0.1) is 0 Å². The first-order chi connectivity index (χ1) is 8.49. The van der Waals surface area contributed by atoms with Gasteiger partial charge in [-0.05, 0) is 37.5 Å². The van der Waals surface area contributed by atoms with Crippen LogP contribution in [0.2, 0.25) is 0 Å². The second-order valence-electron chi connectivity index (χ2n) is 4.13. The molecule has 0 saturated carbocycles. The monoisotopic (exact) mass is 253 g/mol. The highest BCUT2D eigenvalue weighted by Crippen LogP contribution is 2.15. The van der Waals surface area contributed by atoms with E-state index in [0.717, 1.165) is 5.56 Å². The SMILES string of the molecule is Cc1ccc(NC(=O)CCCCC(=O)O)c(F)c1. The fraction of sp³-hybridized carbons (Fsp3) is 0.385. The Balaban J connectivity index is 2.38. The number of hydrogen-bond acceptors (Lipinski definition) is 2. The molecule has 2 N–H and O–H groups in total. The lowest BCUT2D eigenvalue weighted by molar-refractivity contribution is -0.137. The van der Waals surface area contributed by atoms with Crippen LogP contribution >= 0.6 is 0 Å². The summed E-state index contributed by atoms with van der Waals surface area (Å²) >= 11 is 0. The molecule has 0 aliphatic carbocycles. The topological polar surface area (TPSA) is 66.4 Å². The number of halogens is 1. The number of benzene rings is 1. The van der Waals surface area contributed by atoms with Gasteiger partial charge in [0.05, 0.1) is 5.69 Å². The van der Waals surface area contributed by atoms with Crippen molar-refractivity contribution in [1.82, 2.24) is 0 Å². The summed E-state index contributed by atoms with van der Waals surface area (Å²) in [7, 11) is 0. The van der Waals surface area contributed by atoms with Crippen LogP contribution in [0.1, 0.15) is 31.2 Å². The fourth-order valence-corrected chi connectivity index (χ4v) is 1.50. The third-order valence-corrected chi connectivity index (χ3v) is 2.44. The second kappa shape index (κ2) is 6.74. The first-order valence-electron chi connectivity index (χ1n) is 5.77. The van der Waals surface area contributed by atoms with Crippen molar-refractivity contribution in [2.75, 3.05) is 5.32 Å². The number of carbonyl (C=O) groups excluding carboxylic acids is 1. The van der Waals surface area contributed by atoms with Crippen molar-refractivity contribution in [2.45, 2.75) is 32.6 Å². The Kier molecular flexibility index (Phi) is 5.30. The standard InChI is InChI=1S/C13H16FNO3/c1-9-6-7-11(10(14)8-9)15-12(16)4-2-3-5-13(17)18/h6-8H,2-5H2,1H3,(H,15,16)(H,17,18). The third-order valence-electron chi connectivity index (χ3n) is 2.44. The number of aliphatic carboxylic acids is 1. The summed E-state index contributed by atoms with van der Waals surface area (Å²) in [5.74, 6) is -1.64. The summed E-state index contributed by atoms with van der Waals surface area (Å²) < 4.78 is 13.4. The number of hydrogen-bond donors (Lipinski definition) is 2. The van der Waals surface area contributed by atoms with Crippen molar-refractivity contribution in [3.8, 4) is 0 Å². The molecule has 0 aliphatic heterocycles. The molecule has 0 unspecified atom stereocenters. The Bertz CT molecular complexity index is 446. The Morgan fingerprint density at radius 2 is 1.94 bits per heavy atom. The Morgan fingerprint density at radius 3 is 2.56 bits per heavy atom. The van der Waals surface area contributed by atoms with Crippen molar-refractivity contribution < 1.29 is 19.1 Å². The summed E-state index contributed by atoms with van der Waals surface area (Å²) in [6, 6.07) is 4.57. The van der Waals surface area contributed by atoms with Crippen molar-refractivity contribution in [2.24, 2.45) is 0 Å². The van der Waals surface area contributed by atoms with Crippen molar-refractivity contribution in [3.05, 3.63) is 29.6 Å². The molecule has 5 heteroatoms. The zero-order chi connectivity index (χ0) is 13.5. The molecule has 0 aliphatic rings. The van der Waals surface area contributed by atoms with Crippen LogP contribution in [-0.2, 0) is 9.59 Å². The lowest BCUT2D eigenvalue weighted by Crippen LogP contribution is -2.12. The highest BCUT2D eigenvalue weighted by Gasteiger charge is 2.07. The number of rotatable bonds is 6. The predicted molar refractivity (Wildman–Crippen MR) is 65.9 cm³/mol. The van der Waals surface area contributed by atoms with Crippen molar-refractivity contribution in [1.29, 1.82) is 0 Å². The van der Waals surface area contributed by atoms with Crippen LogP contribution in [0.5, 0.6) is 0 Å². The zero-order valence-electron chi connectivity index (χ0n) is 10.2. The summed E-state index contributed by atoms with van der Waals surface area (Å²) in [5, 5.41) is 10.9. The van der Waals surface area contributed by atoms with E-state index in [-0.39, 0.29) is 24.4 Å². The molecule has 0 spiro atoms. The van der Waals surface area contributed by atoms with Gasteiger partial charge in [-0.25, -0.2) is 4.39 Å². The summed E-state index contributed by atoms with van der Waals surface area (Å²) in [5.41, 5.74) is 0.941. The van der Waals surface area contributed by atoms with Gasteiger partial charge in [0.25, 0.3) is 0 Å². The summed E-state index contributed by atoms with van der Waals surface area (Å²) in [4.78, 5) is 21.7. The Labute approximate surface area is 105 Å². The van der Waals surface area contributed by atoms with Crippen LogP contribution in [0.4, 0.5) is 10.1 Å². The van der Waals surface area contributed by atoms with Gasteiger partial charge >= 0.3 is 5.97 Å². The van der Waals surface area contributed by atoms with Gasteiger partial charge in [0, 0.05) is 12.8 Å². The summed E-state index contributed by atoms with van der Waals surface area (Å²) in [6.45, 7) is 1.76.